The lowest BCUT2D eigenvalue weighted by atomic mass is 10.0. The minimum absolute atomic E-state index is 0.0509. The fraction of sp³-hybridized carbons (Fsp3) is 0.188. The van der Waals surface area contributed by atoms with Gasteiger partial charge in [0.05, 0.1) is 11.8 Å². The second-order valence-electron chi connectivity index (χ2n) is 4.87. The predicted molar refractivity (Wildman–Crippen MR) is 88.3 cm³/mol. The first kappa shape index (κ1) is 14.5. The molecule has 0 amide bonds. The summed E-state index contributed by atoms with van der Waals surface area (Å²) in [6.07, 6.45) is 1.56. The molecule has 3 rings (SSSR count). The van der Waals surface area contributed by atoms with Crippen molar-refractivity contribution in [3.8, 4) is 11.1 Å². The van der Waals surface area contributed by atoms with Gasteiger partial charge >= 0.3 is 5.97 Å². The van der Waals surface area contributed by atoms with E-state index in [1.165, 1.54) is 11.2 Å². The fourth-order valence-electron chi connectivity index (χ4n) is 2.42. The van der Waals surface area contributed by atoms with Gasteiger partial charge in [0.2, 0.25) is 0 Å². The molecule has 112 valence electrons. The van der Waals surface area contributed by atoms with Crippen LogP contribution in [0, 0.1) is 6.92 Å². The highest BCUT2D eigenvalue weighted by atomic mass is 32.1. The molecule has 0 saturated carbocycles. The van der Waals surface area contributed by atoms with E-state index in [2.05, 4.69) is 34.3 Å². The smallest absolute Gasteiger partial charge is 0.305 e. The van der Waals surface area contributed by atoms with Crippen molar-refractivity contribution in [2.24, 2.45) is 0 Å². The number of aryl methyl sites for hydroxylation is 1. The van der Waals surface area contributed by atoms with Crippen molar-refractivity contribution >= 4 is 33.3 Å². The number of nitrogens with one attached hydrogen (secondary N) is 1. The summed E-state index contributed by atoms with van der Waals surface area (Å²) in [5.74, 6) is -0.142. The van der Waals surface area contributed by atoms with Crippen LogP contribution < -0.4 is 5.32 Å². The third kappa shape index (κ3) is 2.78. The van der Waals surface area contributed by atoms with Crippen LogP contribution in [0.4, 0.5) is 5.82 Å². The number of carboxylic acids is 1. The maximum Gasteiger partial charge on any atom is 0.305 e. The summed E-state index contributed by atoms with van der Waals surface area (Å²) in [7, 11) is 0. The number of thiophene rings is 1. The SMILES string of the molecule is Cc1sc2ncnc(NCCC(=O)O)c2c1-c1ccccc1. The first-order valence-electron chi connectivity index (χ1n) is 6.92. The summed E-state index contributed by atoms with van der Waals surface area (Å²) in [5.41, 5.74) is 2.22. The van der Waals surface area contributed by atoms with Crippen LogP contribution in [0.15, 0.2) is 36.7 Å². The summed E-state index contributed by atoms with van der Waals surface area (Å²) >= 11 is 1.62. The molecule has 0 fully saturated rings. The van der Waals surface area contributed by atoms with E-state index < -0.39 is 5.97 Å². The van der Waals surface area contributed by atoms with Gasteiger partial charge in [-0.05, 0) is 12.5 Å². The molecular formula is C16H15N3O2S. The molecule has 0 aliphatic heterocycles. The second kappa shape index (κ2) is 6.11. The summed E-state index contributed by atoms with van der Waals surface area (Å²) in [6.45, 7) is 2.40. The van der Waals surface area contributed by atoms with Gasteiger partial charge in [0.1, 0.15) is 17.0 Å². The van der Waals surface area contributed by atoms with E-state index in [1.54, 1.807) is 11.3 Å². The van der Waals surface area contributed by atoms with Gasteiger partial charge in [-0.15, -0.1) is 11.3 Å². The molecule has 0 spiro atoms. The summed E-state index contributed by atoms with van der Waals surface area (Å²) in [4.78, 5) is 21.4. The molecule has 0 atom stereocenters. The molecule has 6 heteroatoms. The van der Waals surface area contributed by atoms with E-state index in [-0.39, 0.29) is 6.42 Å². The van der Waals surface area contributed by atoms with Crippen molar-refractivity contribution in [3.63, 3.8) is 0 Å². The molecule has 5 nitrogen and oxygen atoms in total. The van der Waals surface area contributed by atoms with Gasteiger partial charge in [0.15, 0.2) is 0 Å². The molecule has 2 heterocycles. The Morgan fingerprint density at radius 1 is 1.27 bits per heavy atom. The van der Waals surface area contributed by atoms with Gasteiger partial charge in [-0.3, -0.25) is 4.79 Å². The van der Waals surface area contributed by atoms with Crippen molar-refractivity contribution in [1.29, 1.82) is 0 Å². The van der Waals surface area contributed by atoms with Crippen molar-refractivity contribution in [2.75, 3.05) is 11.9 Å². The molecule has 1 aromatic carbocycles. The third-order valence-corrected chi connectivity index (χ3v) is 4.37. The summed E-state index contributed by atoms with van der Waals surface area (Å²) in [6, 6.07) is 10.1. The Morgan fingerprint density at radius 3 is 2.77 bits per heavy atom. The number of fused-ring (bicyclic) bond motifs is 1. The van der Waals surface area contributed by atoms with Crippen molar-refractivity contribution < 1.29 is 9.90 Å². The largest absolute Gasteiger partial charge is 0.481 e. The highest BCUT2D eigenvalue weighted by Gasteiger charge is 2.16. The van der Waals surface area contributed by atoms with Crippen molar-refractivity contribution in [1.82, 2.24) is 9.97 Å². The van der Waals surface area contributed by atoms with Gasteiger partial charge in [0, 0.05) is 17.0 Å². The number of hydrogen-bond donors (Lipinski definition) is 2. The Hall–Kier alpha value is -2.47. The molecule has 0 unspecified atom stereocenters. The molecule has 0 radical (unpaired) electrons. The standard InChI is InChI=1S/C16H15N3O2S/c1-10-13(11-5-3-2-4-6-11)14-15(17-8-7-12(20)21)18-9-19-16(14)22-10/h2-6,9H,7-8H2,1H3,(H,20,21)(H,17,18,19). The van der Waals surface area contributed by atoms with Crippen LogP contribution in [-0.4, -0.2) is 27.6 Å². The summed E-state index contributed by atoms with van der Waals surface area (Å²) < 4.78 is 0. The third-order valence-electron chi connectivity index (χ3n) is 3.36. The number of anilines is 1. The normalized spacial score (nSPS) is 10.8. The Kier molecular flexibility index (Phi) is 4.02. The highest BCUT2D eigenvalue weighted by Crippen LogP contribution is 2.40. The zero-order chi connectivity index (χ0) is 15.5. The minimum Gasteiger partial charge on any atom is -0.481 e. The first-order valence-corrected chi connectivity index (χ1v) is 7.73. The number of nitrogens with zero attached hydrogens (tertiary/aromatic N) is 2. The van der Waals surface area contributed by atoms with E-state index >= 15 is 0 Å². The molecule has 2 aromatic heterocycles. The lowest BCUT2D eigenvalue weighted by molar-refractivity contribution is -0.136. The Labute approximate surface area is 131 Å². The summed E-state index contributed by atoms with van der Waals surface area (Å²) in [5, 5.41) is 12.8. The van der Waals surface area contributed by atoms with E-state index in [4.69, 9.17) is 5.11 Å². The number of benzene rings is 1. The molecule has 22 heavy (non-hydrogen) atoms. The van der Waals surface area contributed by atoms with Crippen LogP contribution >= 0.6 is 11.3 Å². The van der Waals surface area contributed by atoms with Gasteiger partial charge in [-0.1, -0.05) is 30.3 Å². The number of aromatic nitrogens is 2. The zero-order valence-corrected chi connectivity index (χ0v) is 12.9. The average Bonchev–Trinajstić information content (AvgIpc) is 2.84. The van der Waals surface area contributed by atoms with Gasteiger partial charge in [-0.2, -0.15) is 0 Å². The number of rotatable bonds is 5. The average molecular weight is 313 g/mol. The number of carboxylic acid groups (broad SMARTS) is 1. The van der Waals surface area contributed by atoms with Crippen molar-refractivity contribution in [3.05, 3.63) is 41.5 Å². The Bertz CT molecular complexity index is 815. The number of aliphatic carboxylic acids is 1. The highest BCUT2D eigenvalue weighted by molar-refractivity contribution is 7.19. The quantitative estimate of drug-likeness (QED) is 0.753. The number of carbonyl (C=O) groups is 1. The van der Waals surface area contributed by atoms with Crippen LogP contribution in [0.25, 0.3) is 21.3 Å². The zero-order valence-electron chi connectivity index (χ0n) is 12.0. The predicted octanol–water partition coefficient (Wildman–Crippen LogP) is 3.55. The number of hydrogen-bond acceptors (Lipinski definition) is 5. The van der Waals surface area contributed by atoms with E-state index in [9.17, 15) is 4.79 Å². The molecule has 3 aromatic rings. The monoisotopic (exact) mass is 313 g/mol. The topological polar surface area (TPSA) is 75.1 Å². The molecule has 0 saturated heterocycles. The van der Waals surface area contributed by atoms with E-state index in [1.807, 2.05) is 18.2 Å². The molecule has 0 aliphatic rings. The first-order chi connectivity index (χ1) is 10.7. The maximum atomic E-state index is 10.7. The Morgan fingerprint density at radius 2 is 2.05 bits per heavy atom. The fourth-order valence-corrected chi connectivity index (χ4v) is 3.43. The van der Waals surface area contributed by atoms with Crippen LogP contribution in [0.3, 0.4) is 0 Å². The van der Waals surface area contributed by atoms with Crippen LogP contribution in [0.5, 0.6) is 0 Å². The molecule has 0 bridgehead atoms. The molecule has 2 N–H and O–H groups in total. The van der Waals surface area contributed by atoms with Crippen LogP contribution in [0.2, 0.25) is 0 Å². The lowest BCUT2D eigenvalue weighted by Crippen LogP contribution is -2.09. The minimum atomic E-state index is -0.831. The molecule has 0 aliphatic carbocycles. The Balaban J connectivity index is 2.08. The van der Waals surface area contributed by atoms with Crippen LogP contribution in [0.1, 0.15) is 11.3 Å². The van der Waals surface area contributed by atoms with Crippen LogP contribution in [-0.2, 0) is 4.79 Å². The van der Waals surface area contributed by atoms with Crippen molar-refractivity contribution in [2.45, 2.75) is 13.3 Å². The van der Waals surface area contributed by atoms with Gasteiger partial charge in [-0.25, -0.2) is 9.97 Å². The van der Waals surface area contributed by atoms with E-state index in [0.717, 1.165) is 21.3 Å². The lowest BCUT2D eigenvalue weighted by Gasteiger charge is -2.08. The maximum absolute atomic E-state index is 10.7. The van der Waals surface area contributed by atoms with Gasteiger partial charge < -0.3 is 10.4 Å². The van der Waals surface area contributed by atoms with E-state index in [0.29, 0.717) is 12.4 Å². The second-order valence-corrected chi connectivity index (χ2v) is 6.08. The van der Waals surface area contributed by atoms with Gasteiger partial charge in [0.25, 0.3) is 0 Å². The molecular weight excluding hydrogens is 298 g/mol.